The number of nitrogens with two attached hydrogens (primary N) is 1. The molecule has 1 heterocycles. The molecule has 0 fully saturated rings. The normalized spacial score (nSPS) is 21.7. The van der Waals surface area contributed by atoms with E-state index in [0.717, 1.165) is 0 Å². The lowest BCUT2D eigenvalue weighted by Gasteiger charge is -2.33. The molecule has 0 spiro atoms. The first-order chi connectivity index (χ1) is 8.80. The van der Waals surface area contributed by atoms with Gasteiger partial charge in [-0.25, -0.2) is 13.2 Å². The largest absolute Gasteiger partial charge is 0.356 e. The van der Waals surface area contributed by atoms with Crippen molar-refractivity contribution in [1.29, 1.82) is 0 Å². The third-order valence-corrected chi connectivity index (χ3v) is 3.84. The Bertz CT molecular complexity index is 673. The predicted molar refractivity (Wildman–Crippen MR) is 67.2 cm³/mol. The van der Waals surface area contributed by atoms with E-state index in [1.54, 1.807) is 0 Å². The Morgan fingerprint density at radius 3 is 2.63 bits per heavy atom. The number of rotatable bonds is 0. The first-order valence-electron chi connectivity index (χ1n) is 6.24. The third kappa shape index (κ3) is 1.75. The number of hydrogen-bond acceptors (Lipinski definition) is 1. The molecule has 0 bridgehead atoms. The topological polar surface area (TPSA) is 41.8 Å². The lowest BCUT2D eigenvalue weighted by atomic mass is 9.74. The Balaban J connectivity index is 2.37. The molecular formula is C14H15F3N2. The van der Waals surface area contributed by atoms with E-state index in [9.17, 15) is 13.2 Å². The van der Waals surface area contributed by atoms with Crippen molar-refractivity contribution in [3.8, 4) is 0 Å². The molecule has 5 heteroatoms. The first kappa shape index (κ1) is 12.5. The van der Waals surface area contributed by atoms with Crippen molar-refractivity contribution in [1.82, 2.24) is 4.98 Å². The van der Waals surface area contributed by atoms with E-state index in [0.29, 0.717) is 30.2 Å². The van der Waals surface area contributed by atoms with Crippen molar-refractivity contribution in [2.75, 3.05) is 0 Å². The first-order valence-corrected chi connectivity index (χ1v) is 6.24. The van der Waals surface area contributed by atoms with Gasteiger partial charge < -0.3 is 10.7 Å². The summed E-state index contributed by atoms with van der Waals surface area (Å²) in [6.45, 7) is 4.10. The summed E-state index contributed by atoms with van der Waals surface area (Å²) in [5, 5.41) is -0.0319. The Morgan fingerprint density at radius 1 is 1.26 bits per heavy atom. The van der Waals surface area contributed by atoms with E-state index in [4.69, 9.17) is 5.73 Å². The van der Waals surface area contributed by atoms with Gasteiger partial charge in [-0.05, 0) is 18.3 Å². The number of fused-ring (bicyclic) bond motifs is 3. The van der Waals surface area contributed by atoms with Crippen LogP contribution in [0.5, 0.6) is 0 Å². The monoisotopic (exact) mass is 268 g/mol. The van der Waals surface area contributed by atoms with Crippen LogP contribution in [0.25, 0.3) is 10.9 Å². The van der Waals surface area contributed by atoms with Gasteiger partial charge in [-0.2, -0.15) is 0 Å². The standard InChI is InChI=1S/C14H15F3N2/c1-14(2)4-8(18)10-9(5-14)19-13-7(16)3-6(15)12(17)11(10)13/h3,8,19H,4-5,18H2,1-2H3. The number of nitrogens with one attached hydrogen (secondary N) is 1. The molecule has 3 N–H and O–H groups in total. The average molecular weight is 268 g/mol. The van der Waals surface area contributed by atoms with Crippen LogP contribution in [0.2, 0.25) is 0 Å². The summed E-state index contributed by atoms with van der Waals surface area (Å²) < 4.78 is 41.1. The van der Waals surface area contributed by atoms with Crippen LogP contribution in [-0.4, -0.2) is 4.98 Å². The number of H-pyrrole nitrogens is 1. The highest BCUT2D eigenvalue weighted by Gasteiger charge is 2.35. The zero-order valence-electron chi connectivity index (χ0n) is 10.8. The number of aromatic nitrogens is 1. The molecule has 0 aliphatic heterocycles. The second-order valence-electron chi connectivity index (χ2n) is 6.07. The van der Waals surface area contributed by atoms with Crippen LogP contribution in [0.15, 0.2) is 6.07 Å². The minimum atomic E-state index is -1.18. The number of hydrogen-bond donors (Lipinski definition) is 2. The van der Waals surface area contributed by atoms with E-state index in [-0.39, 0.29) is 16.3 Å². The van der Waals surface area contributed by atoms with Crippen molar-refractivity contribution >= 4 is 10.9 Å². The fraction of sp³-hybridized carbons (Fsp3) is 0.429. The summed E-state index contributed by atoms with van der Waals surface area (Å²) in [4.78, 5) is 2.88. The molecule has 0 radical (unpaired) electrons. The van der Waals surface area contributed by atoms with Gasteiger partial charge in [0.05, 0.1) is 5.52 Å². The molecule has 102 valence electrons. The van der Waals surface area contributed by atoms with Gasteiger partial charge in [0.25, 0.3) is 0 Å². The summed E-state index contributed by atoms with van der Waals surface area (Å²) in [7, 11) is 0. The zero-order valence-corrected chi connectivity index (χ0v) is 10.8. The lowest BCUT2D eigenvalue weighted by molar-refractivity contribution is 0.281. The molecule has 1 atom stereocenters. The van der Waals surface area contributed by atoms with Crippen LogP contribution >= 0.6 is 0 Å². The molecule has 1 aliphatic carbocycles. The molecule has 1 aliphatic rings. The summed E-state index contributed by atoms with van der Waals surface area (Å²) in [6.07, 6.45) is 1.30. The Morgan fingerprint density at radius 2 is 1.95 bits per heavy atom. The van der Waals surface area contributed by atoms with Gasteiger partial charge in [0.15, 0.2) is 11.6 Å². The molecule has 0 saturated heterocycles. The Hall–Kier alpha value is -1.49. The number of benzene rings is 1. The maximum atomic E-state index is 13.9. The van der Waals surface area contributed by atoms with Gasteiger partial charge in [0.2, 0.25) is 0 Å². The van der Waals surface area contributed by atoms with E-state index in [1.165, 1.54) is 0 Å². The van der Waals surface area contributed by atoms with E-state index >= 15 is 0 Å². The lowest BCUT2D eigenvalue weighted by Crippen LogP contribution is -2.29. The fourth-order valence-electron chi connectivity index (χ4n) is 3.14. The van der Waals surface area contributed by atoms with Gasteiger partial charge in [-0.1, -0.05) is 13.8 Å². The van der Waals surface area contributed by atoms with Crippen molar-refractivity contribution in [2.45, 2.75) is 32.7 Å². The van der Waals surface area contributed by atoms with E-state index < -0.39 is 23.5 Å². The number of halogens is 3. The average Bonchev–Trinajstić information content (AvgIpc) is 2.64. The predicted octanol–water partition coefficient (Wildman–Crippen LogP) is 3.56. The summed E-state index contributed by atoms with van der Waals surface area (Å²) in [5.41, 5.74) is 7.27. The molecule has 1 aromatic heterocycles. The molecular weight excluding hydrogens is 253 g/mol. The molecule has 1 aromatic carbocycles. The van der Waals surface area contributed by atoms with Gasteiger partial charge >= 0.3 is 0 Å². The molecule has 2 aromatic rings. The van der Waals surface area contributed by atoms with Gasteiger partial charge in [-0.3, -0.25) is 0 Å². The highest BCUT2D eigenvalue weighted by atomic mass is 19.2. The van der Waals surface area contributed by atoms with Crippen LogP contribution in [0.1, 0.15) is 37.6 Å². The van der Waals surface area contributed by atoms with E-state index in [2.05, 4.69) is 18.8 Å². The smallest absolute Gasteiger partial charge is 0.168 e. The molecule has 3 rings (SSSR count). The highest BCUT2D eigenvalue weighted by molar-refractivity contribution is 5.86. The summed E-state index contributed by atoms with van der Waals surface area (Å²) in [5.74, 6) is -2.99. The second-order valence-corrected chi connectivity index (χ2v) is 6.07. The molecule has 19 heavy (non-hydrogen) atoms. The van der Waals surface area contributed by atoms with Gasteiger partial charge in [0, 0.05) is 28.8 Å². The summed E-state index contributed by atoms with van der Waals surface area (Å²) >= 11 is 0. The third-order valence-electron chi connectivity index (χ3n) is 3.84. The molecule has 2 nitrogen and oxygen atoms in total. The maximum absolute atomic E-state index is 13.9. The molecule has 0 amide bonds. The van der Waals surface area contributed by atoms with Crippen molar-refractivity contribution in [3.63, 3.8) is 0 Å². The van der Waals surface area contributed by atoms with Crippen LogP contribution in [0.3, 0.4) is 0 Å². The maximum Gasteiger partial charge on any atom is 0.168 e. The minimum Gasteiger partial charge on any atom is -0.356 e. The van der Waals surface area contributed by atoms with Crippen molar-refractivity contribution < 1.29 is 13.2 Å². The van der Waals surface area contributed by atoms with Crippen LogP contribution in [0, 0.1) is 22.9 Å². The summed E-state index contributed by atoms with van der Waals surface area (Å²) in [6, 6.07) is 0.152. The highest BCUT2D eigenvalue weighted by Crippen LogP contribution is 2.43. The second kappa shape index (κ2) is 3.76. The Kier molecular flexibility index (Phi) is 2.48. The zero-order chi connectivity index (χ0) is 13.9. The van der Waals surface area contributed by atoms with E-state index in [1.807, 2.05) is 0 Å². The Labute approximate surface area is 108 Å². The van der Waals surface area contributed by atoms with Crippen LogP contribution < -0.4 is 5.73 Å². The SMILES string of the molecule is CC1(C)Cc2[nH]c3c(F)cc(F)c(F)c3c2C(N)C1. The molecule has 1 unspecified atom stereocenters. The molecule has 0 saturated carbocycles. The fourth-order valence-corrected chi connectivity index (χ4v) is 3.14. The van der Waals surface area contributed by atoms with Crippen LogP contribution in [-0.2, 0) is 6.42 Å². The van der Waals surface area contributed by atoms with Crippen molar-refractivity contribution in [2.24, 2.45) is 11.1 Å². The minimum absolute atomic E-state index is 0.0112. The van der Waals surface area contributed by atoms with Gasteiger partial charge in [-0.15, -0.1) is 0 Å². The van der Waals surface area contributed by atoms with Gasteiger partial charge in [0.1, 0.15) is 5.82 Å². The van der Waals surface area contributed by atoms with Crippen molar-refractivity contribution in [3.05, 3.63) is 34.8 Å². The van der Waals surface area contributed by atoms with Crippen LogP contribution in [0.4, 0.5) is 13.2 Å². The number of aromatic amines is 1. The quantitative estimate of drug-likeness (QED) is 0.705.